The third-order valence-electron chi connectivity index (χ3n) is 6.26. The summed E-state index contributed by atoms with van der Waals surface area (Å²) < 4.78 is 1.97. The number of aliphatic hydroxyl groups is 1. The Morgan fingerprint density at radius 2 is 2.00 bits per heavy atom. The number of anilines is 1. The number of fused-ring (bicyclic) bond motifs is 1. The normalized spacial score (nSPS) is 19.2. The van der Waals surface area contributed by atoms with Gasteiger partial charge in [-0.25, -0.2) is 4.98 Å². The van der Waals surface area contributed by atoms with E-state index in [0.717, 1.165) is 72.9 Å². The molecule has 9 heteroatoms. The van der Waals surface area contributed by atoms with Crippen molar-refractivity contribution >= 4 is 16.9 Å². The van der Waals surface area contributed by atoms with Crippen LogP contribution in [0.5, 0.6) is 0 Å². The smallest absolute Gasteiger partial charge is 0.150 e. The minimum atomic E-state index is -0.147. The van der Waals surface area contributed by atoms with Gasteiger partial charge < -0.3 is 10.4 Å². The van der Waals surface area contributed by atoms with Crippen LogP contribution in [0.1, 0.15) is 20.3 Å². The van der Waals surface area contributed by atoms with Gasteiger partial charge in [0.25, 0.3) is 0 Å². The Labute approximate surface area is 193 Å². The van der Waals surface area contributed by atoms with E-state index in [1.807, 2.05) is 35.3 Å². The van der Waals surface area contributed by atoms with Gasteiger partial charge in [0.2, 0.25) is 0 Å². The van der Waals surface area contributed by atoms with Crippen molar-refractivity contribution in [2.75, 3.05) is 31.5 Å². The summed E-state index contributed by atoms with van der Waals surface area (Å²) in [7, 11) is 0. The molecular formula is C24H30N8O. The van der Waals surface area contributed by atoms with Gasteiger partial charge in [-0.2, -0.15) is 10.2 Å². The SMILES string of the molecule is CC(C)C1C=C(Nc2ccc3ncc(-c4cnn(CCCN5CC(O)C5)c4)cc3n2)N=NC1. The molecule has 0 bridgehead atoms. The first-order chi connectivity index (χ1) is 16.0. The minimum absolute atomic E-state index is 0.147. The van der Waals surface area contributed by atoms with Gasteiger partial charge in [-0.3, -0.25) is 14.6 Å². The van der Waals surface area contributed by atoms with E-state index in [1.54, 1.807) is 0 Å². The van der Waals surface area contributed by atoms with Crippen molar-refractivity contribution in [3.05, 3.63) is 48.7 Å². The fraction of sp³-hybridized carbons (Fsp3) is 0.458. The Morgan fingerprint density at radius 1 is 1.12 bits per heavy atom. The van der Waals surface area contributed by atoms with Crippen LogP contribution in [-0.2, 0) is 6.54 Å². The van der Waals surface area contributed by atoms with Crippen LogP contribution in [-0.4, -0.2) is 62.0 Å². The largest absolute Gasteiger partial charge is 0.390 e. The summed E-state index contributed by atoms with van der Waals surface area (Å²) in [5.74, 6) is 2.36. The average molecular weight is 447 g/mol. The van der Waals surface area contributed by atoms with Crippen molar-refractivity contribution in [3.63, 3.8) is 0 Å². The summed E-state index contributed by atoms with van der Waals surface area (Å²) in [5.41, 5.74) is 3.66. The Hall–Kier alpha value is -3.17. The number of aliphatic hydroxyl groups excluding tert-OH is 1. The second-order valence-electron chi connectivity index (χ2n) is 9.23. The summed E-state index contributed by atoms with van der Waals surface area (Å²) in [4.78, 5) is 11.6. The van der Waals surface area contributed by atoms with Crippen molar-refractivity contribution in [1.29, 1.82) is 0 Å². The highest BCUT2D eigenvalue weighted by molar-refractivity contribution is 5.81. The lowest BCUT2D eigenvalue weighted by Gasteiger charge is -2.35. The maximum atomic E-state index is 9.38. The van der Waals surface area contributed by atoms with Crippen molar-refractivity contribution in [3.8, 4) is 11.1 Å². The van der Waals surface area contributed by atoms with Gasteiger partial charge in [0.05, 0.1) is 29.9 Å². The molecule has 1 unspecified atom stereocenters. The lowest BCUT2D eigenvalue weighted by molar-refractivity contribution is 0.00112. The topological polar surface area (TPSA) is 104 Å². The average Bonchev–Trinajstić information content (AvgIpc) is 3.26. The molecule has 5 rings (SSSR count). The number of hydrogen-bond donors (Lipinski definition) is 2. The molecule has 1 fully saturated rings. The molecule has 0 aromatic carbocycles. The summed E-state index contributed by atoms with van der Waals surface area (Å²) >= 11 is 0. The number of pyridine rings is 2. The zero-order valence-electron chi connectivity index (χ0n) is 19.1. The van der Waals surface area contributed by atoms with Gasteiger partial charge in [-0.15, -0.1) is 5.11 Å². The van der Waals surface area contributed by atoms with E-state index in [2.05, 4.69) is 56.6 Å². The molecule has 9 nitrogen and oxygen atoms in total. The van der Waals surface area contributed by atoms with Gasteiger partial charge in [-0.1, -0.05) is 13.8 Å². The molecule has 33 heavy (non-hydrogen) atoms. The molecule has 3 aromatic heterocycles. The molecule has 3 aromatic rings. The maximum Gasteiger partial charge on any atom is 0.150 e. The monoisotopic (exact) mass is 446 g/mol. The standard InChI is InChI=1S/C24H30N8O/c1-16(2)17-9-24(30-26-11-17)29-23-5-4-21-22(28-23)8-18(10-25-21)19-12-27-32(13-19)7-3-6-31-14-20(33)15-31/h4-5,8-10,12-13,16-17,20,33H,3,6-7,11,14-15H2,1-2H3,(H,28,29). The summed E-state index contributed by atoms with van der Waals surface area (Å²) in [5, 5.41) is 25.7. The van der Waals surface area contributed by atoms with Gasteiger partial charge in [0.15, 0.2) is 0 Å². The molecule has 5 heterocycles. The van der Waals surface area contributed by atoms with E-state index < -0.39 is 0 Å². The molecule has 2 N–H and O–H groups in total. The first-order valence-corrected chi connectivity index (χ1v) is 11.6. The van der Waals surface area contributed by atoms with Crippen molar-refractivity contribution in [2.24, 2.45) is 22.1 Å². The van der Waals surface area contributed by atoms with Gasteiger partial charge >= 0.3 is 0 Å². The molecule has 2 aliphatic rings. The lowest BCUT2D eigenvalue weighted by Crippen LogP contribution is -2.50. The summed E-state index contributed by atoms with van der Waals surface area (Å²) in [6, 6.07) is 5.93. The highest BCUT2D eigenvalue weighted by Crippen LogP contribution is 2.25. The number of hydrogen-bond acceptors (Lipinski definition) is 8. The predicted molar refractivity (Wildman–Crippen MR) is 128 cm³/mol. The quantitative estimate of drug-likeness (QED) is 0.548. The molecule has 0 radical (unpaired) electrons. The second-order valence-corrected chi connectivity index (χ2v) is 9.23. The number of aryl methyl sites for hydroxylation is 1. The van der Waals surface area contributed by atoms with E-state index in [-0.39, 0.29) is 6.10 Å². The van der Waals surface area contributed by atoms with Crippen molar-refractivity contribution < 1.29 is 5.11 Å². The van der Waals surface area contributed by atoms with Crippen molar-refractivity contribution in [1.82, 2.24) is 24.6 Å². The van der Waals surface area contributed by atoms with Gasteiger partial charge in [0.1, 0.15) is 11.6 Å². The van der Waals surface area contributed by atoms with Crippen LogP contribution in [0, 0.1) is 11.8 Å². The predicted octanol–water partition coefficient (Wildman–Crippen LogP) is 3.55. The highest BCUT2D eigenvalue weighted by Gasteiger charge is 2.23. The molecule has 172 valence electrons. The van der Waals surface area contributed by atoms with Crippen LogP contribution in [0.3, 0.4) is 0 Å². The molecule has 1 saturated heterocycles. The van der Waals surface area contributed by atoms with Crippen LogP contribution in [0.2, 0.25) is 0 Å². The van der Waals surface area contributed by atoms with E-state index in [0.29, 0.717) is 11.8 Å². The first kappa shape index (κ1) is 21.7. The number of rotatable bonds is 8. The van der Waals surface area contributed by atoms with E-state index in [1.165, 1.54) is 0 Å². The number of aromatic nitrogens is 4. The Bertz CT molecular complexity index is 1180. The lowest BCUT2D eigenvalue weighted by atomic mass is 9.95. The van der Waals surface area contributed by atoms with Crippen LogP contribution < -0.4 is 5.32 Å². The molecule has 1 atom stereocenters. The number of nitrogens with zero attached hydrogens (tertiary/aromatic N) is 7. The Morgan fingerprint density at radius 3 is 2.82 bits per heavy atom. The maximum absolute atomic E-state index is 9.38. The van der Waals surface area contributed by atoms with Crippen LogP contribution >= 0.6 is 0 Å². The van der Waals surface area contributed by atoms with Crippen LogP contribution in [0.15, 0.2) is 58.9 Å². The van der Waals surface area contributed by atoms with E-state index in [4.69, 9.17) is 4.98 Å². The van der Waals surface area contributed by atoms with Gasteiger partial charge in [-0.05, 0) is 36.6 Å². The van der Waals surface area contributed by atoms with E-state index >= 15 is 0 Å². The fourth-order valence-corrected chi connectivity index (χ4v) is 4.15. The van der Waals surface area contributed by atoms with Crippen molar-refractivity contribution in [2.45, 2.75) is 32.9 Å². The zero-order valence-corrected chi connectivity index (χ0v) is 19.1. The van der Waals surface area contributed by atoms with Gasteiger partial charge in [0, 0.05) is 55.6 Å². The molecule has 0 aliphatic carbocycles. The van der Waals surface area contributed by atoms with E-state index in [9.17, 15) is 5.11 Å². The van der Waals surface area contributed by atoms with Crippen LogP contribution in [0.4, 0.5) is 5.82 Å². The van der Waals surface area contributed by atoms with Crippen LogP contribution in [0.25, 0.3) is 22.2 Å². The third-order valence-corrected chi connectivity index (χ3v) is 6.26. The molecular weight excluding hydrogens is 416 g/mol. The Kier molecular flexibility index (Phi) is 6.15. The summed E-state index contributed by atoms with van der Waals surface area (Å²) in [6.07, 6.45) is 8.78. The molecule has 0 spiro atoms. The molecule has 0 amide bonds. The molecule has 2 aliphatic heterocycles. The number of likely N-dealkylation sites (tertiary alicyclic amines) is 1. The second kappa shape index (κ2) is 9.36. The zero-order chi connectivity index (χ0) is 22.8. The third kappa shape index (κ3) is 5.09. The highest BCUT2D eigenvalue weighted by atomic mass is 16.3. The minimum Gasteiger partial charge on any atom is -0.390 e. The first-order valence-electron chi connectivity index (χ1n) is 11.6. The number of nitrogens with one attached hydrogen (secondary N) is 1. The molecule has 0 saturated carbocycles. The number of β-amino-alcohol motifs (C(OH)–C–C–N with tert-alkyl or cyclic N) is 1. The number of azo groups is 1. The Balaban J connectivity index is 1.27. The summed E-state index contributed by atoms with van der Waals surface area (Å²) in [6.45, 7) is 8.53. The fourth-order valence-electron chi connectivity index (χ4n) is 4.15.